The number of hydrogen-bond acceptors (Lipinski definition) is 1. The van der Waals surface area contributed by atoms with Crippen LogP contribution >= 0.6 is 19.8 Å². The van der Waals surface area contributed by atoms with Crippen molar-refractivity contribution in [3.63, 3.8) is 0 Å². The minimum atomic E-state index is -1.21. The van der Waals surface area contributed by atoms with Gasteiger partial charge in [-0.15, -0.1) is 0 Å². The zero-order valence-electron chi connectivity index (χ0n) is 18.9. The zero-order valence-corrected chi connectivity index (χ0v) is 21.0. The van der Waals surface area contributed by atoms with E-state index in [0.717, 1.165) is 39.4 Å². The van der Waals surface area contributed by atoms with Gasteiger partial charge in [0, 0.05) is 0 Å². The van der Waals surface area contributed by atoms with E-state index < -0.39 is 19.8 Å². The number of rotatable bonds is 8. The standard InChI is InChI=1S/C24H48IN/c1-8-19-11-17(4)12-23(14-19)25(24(6,7)26)16-21(10-3)22-13-18(5)20(9-2)15-22/h17-23H,8-16,26H2,1-7H3/t17?,18?,19?,20?,21-,22?,23?/m1/s1. The van der Waals surface area contributed by atoms with Crippen LogP contribution in [0.3, 0.4) is 0 Å². The Balaban J connectivity index is 2.11. The molecule has 6 unspecified atom stereocenters. The van der Waals surface area contributed by atoms with Crippen LogP contribution < -0.4 is 5.73 Å². The Kier molecular flexibility index (Phi) is 8.78. The van der Waals surface area contributed by atoms with E-state index in [-0.39, 0.29) is 3.55 Å². The summed E-state index contributed by atoms with van der Waals surface area (Å²) in [7, 11) is 0. The molecule has 0 bridgehead atoms. The molecule has 0 amide bonds. The number of halogens is 1. The first-order valence-electron chi connectivity index (χ1n) is 11.6. The molecule has 1 nitrogen and oxygen atoms in total. The van der Waals surface area contributed by atoms with Gasteiger partial charge >= 0.3 is 173 Å². The average molecular weight is 478 g/mol. The molecule has 2 fully saturated rings. The predicted molar refractivity (Wildman–Crippen MR) is 127 cm³/mol. The Morgan fingerprint density at radius 1 is 0.962 bits per heavy atom. The van der Waals surface area contributed by atoms with Gasteiger partial charge in [0.15, 0.2) is 0 Å². The molecule has 0 aromatic rings. The third-order valence-corrected chi connectivity index (χ3v) is 16.5. The van der Waals surface area contributed by atoms with Crippen molar-refractivity contribution >= 4 is 19.8 Å². The van der Waals surface area contributed by atoms with Crippen LogP contribution in [0.2, 0.25) is 0 Å². The second kappa shape index (κ2) is 9.94. The average Bonchev–Trinajstić information content (AvgIpc) is 2.94. The van der Waals surface area contributed by atoms with Gasteiger partial charge in [0.25, 0.3) is 0 Å². The summed E-state index contributed by atoms with van der Waals surface area (Å²) in [5.74, 6) is 5.79. The summed E-state index contributed by atoms with van der Waals surface area (Å²) >= 11 is -1.21. The van der Waals surface area contributed by atoms with Gasteiger partial charge in [-0.25, -0.2) is 0 Å². The zero-order chi connectivity index (χ0) is 19.5. The summed E-state index contributed by atoms with van der Waals surface area (Å²) in [5.41, 5.74) is 6.89. The maximum absolute atomic E-state index is 6.89. The van der Waals surface area contributed by atoms with Crippen LogP contribution in [-0.2, 0) is 0 Å². The van der Waals surface area contributed by atoms with E-state index in [2.05, 4.69) is 48.5 Å². The van der Waals surface area contributed by atoms with Crippen molar-refractivity contribution in [2.75, 3.05) is 4.43 Å². The van der Waals surface area contributed by atoms with E-state index in [1.165, 1.54) is 55.8 Å². The quantitative estimate of drug-likeness (QED) is 0.219. The SMILES string of the molecule is CCC1CC(C)CC(I(C[C@@H](CC)C2CC(C)C(CC)C2)C(C)(C)N)C1. The van der Waals surface area contributed by atoms with Gasteiger partial charge in [-0.1, -0.05) is 0 Å². The molecule has 2 saturated carbocycles. The van der Waals surface area contributed by atoms with E-state index in [4.69, 9.17) is 5.73 Å². The molecule has 0 radical (unpaired) electrons. The van der Waals surface area contributed by atoms with Crippen molar-refractivity contribution in [3.8, 4) is 0 Å². The van der Waals surface area contributed by atoms with E-state index in [0.29, 0.717) is 0 Å². The number of alkyl halides is 3. The van der Waals surface area contributed by atoms with Crippen LogP contribution in [-0.4, -0.2) is 11.9 Å². The molecule has 0 aromatic heterocycles. The molecule has 2 aliphatic rings. The molecule has 26 heavy (non-hydrogen) atoms. The van der Waals surface area contributed by atoms with Crippen molar-refractivity contribution in [1.29, 1.82) is 0 Å². The van der Waals surface area contributed by atoms with Crippen molar-refractivity contribution in [2.24, 2.45) is 41.2 Å². The second-order valence-electron chi connectivity index (χ2n) is 10.3. The molecular weight excluding hydrogens is 429 g/mol. The van der Waals surface area contributed by atoms with Crippen LogP contribution in [0.5, 0.6) is 0 Å². The first-order valence-corrected chi connectivity index (χ1v) is 15.5. The Hall–Kier alpha value is 0.690. The Bertz CT molecular complexity index is 415. The van der Waals surface area contributed by atoms with Crippen LogP contribution in [0.15, 0.2) is 0 Å². The summed E-state index contributed by atoms with van der Waals surface area (Å²) in [6, 6.07) is 0. The molecule has 2 heteroatoms. The molecule has 2 aliphatic carbocycles. The van der Waals surface area contributed by atoms with Crippen LogP contribution in [0.4, 0.5) is 0 Å². The van der Waals surface area contributed by atoms with Gasteiger partial charge in [-0.3, -0.25) is 0 Å². The van der Waals surface area contributed by atoms with Gasteiger partial charge in [-0.2, -0.15) is 0 Å². The predicted octanol–water partition coefficient (Wildman–Crippen LogP) is 7.50. The Morgan fingerprint density at radius 2 is 1.65 bits per heavy atom. The number of hydrogen-bond donors (Lipinski definition) is 1. The molecule has 156 valence electrons. The summed E-state index contributed by atoms with van der Waals surface area (Å²) in [6.07, 6.45) is 11.6. The monoisotopic (exact) mass is 477 g/mol. The molecule has 0 spiro atoms. The molecule has 0 saturated heterocycles. The minimum absolute atomic E-state index is 0.117. The molecule has 2 N–H and O–H groups in total. The van der Waals surface area contributed by atoms with E-state index in [9.17, 15) is 0 Å². The maximum atomic E-state index is 6.89. The van der Waals surface area contributed by atoms with Gasteiger partial charge in [0.1, 0.15) is 0 Å². The first-order chi connectivity index (χ1) is 12.2. The Morgan fingerprint density at radius 3 is 2.15 bits per heavy atom. The van der Waals surface area contributed by atoms with Crippen molar-refractivity contribution in [1.82, 2.24) is 0 Å². The second-order valence-corrected chi connectivity index (χ2v) is 18.0. The Labute approximate surface area is 172 Å². The van der Waals surface area contributed by atoms with Crippen molar-refractivity contribution in [3.05, 3.63) is 0 Å². The van der Waals surface area contributed by atoms with Crippen LogP contribution in [0, 0.1) is 35.5 Å². The van der Waals surface area contributed by atoms with E-state index >= 15 is 0 Å². The van der Waals surface area contributed by atoms with Gasteiger partial charge in [-0.05, 0) is 0 Å². The summed E-state index contributed by atoms with van der Waals surface area (Å²) in [5, 5.41) is 0. The molecule has 0 heterocycles. The molecular formula is C24H48IN. The first kappa shape index (κ1) is 23.0. The fourth-order valence-electron chi connectivity index (χ4n) is 6.05. The summed E-state index contributed by atoms with van der Waals surface area (Å²) < 4.78 is 2.65. The molecule has 0 aromatic carbocycles. The topological polar surface area (TPSA) is 26.0 Å². The van der Waals surface area contributed by atoms with Gasteiger partial charge < -0.3 is 0 Å². The fourth-order valence-corrected chi connectivity index (χ4v) is 15.6. The summed E-state index contributed by atoms with van der Waals surface area (Å²) in [4.78, 5) is 0. The van der Waals surface area contributed by atoms with E-state index in [1.54, 1.807) is 0 Å². The van der Waals surface area contributed by atoms with Gasteiger partial charge in [0.05, 0.1) is 0 Å². The normalized spacial score (nSPS) is 37.6. The molecule has 2 rings (SSSR count). The fraction of sp³-hybridized carbons (Fsp3) is 1.00. The van der Waals surface area contributed by atoms with Crippen LogP contribution in [0.1, 0.15) is 99.8 Å². The summed E-state index contributed by atoms with van der Waals surface area (Å²) in [6.45, 7) is 17.1. The van der Waals surface area contributed by atoms with Gasteiger partial charge in [0.2, 0.25) is 0 Å². The van der Waals surface area contributed by atoms with Crippen molar-refractivity contribution in [2.45, 2.75) is 107 Å². The molecule has 0 aliphatic heterocycles. The van der Waals surface area contributed by atoms with Crippen LogP contribution in [0.25, 0.3) is 0 Å². The third kappa shape index (κ3) is 5.84. The van der Waals surface area contributed by atoms with E-state index in [1.807, 2.05) is 0 Å². The number of nitrogens with two attached hydrogens (primary N) is 1. The third-order valence-electron chi connectivity index (χ3n) is 7.72. The van der Waals surface area contributed by atoms with Crippen molar-refractivity contribution < 1.29 is 0 Å². The molecule has 7 atom stereocenters.